The van der Waals surface area contributed by atoms with Gasteiger partial charge in [-0.05, 0) is 24.3 Å². The van der Waals surface area contributed by atoms with Crippen molar-refractivity contribution >= 4 is 54.6 Å². The molecule has 0 atom stereocenters. The molecule has 0 N–H and O–H groups in total. The molecule has 0 saturated carbocycles. The van der Waals surface area contributed by atoms with E-state index in [2.05, 4.69) is 93.7 Å². The first-order chi connectivity index (χ1) is 22.8. The normalized spacial score (nSPS) is 11.9. The van der Waals surface area contributed by atoms with Gasteiger partial charge in [0, 0.05) is 32.7 Å². The van der Waals surface area contributed by atoms with Gasteiger partial charge in [0.25, 0.3) is 0 Å². The van der Waals surface area contributed by atoms with Crippen LogP contribution in [0.2, 0.25) is 0 Å². The van der Waals surface area contributed by atoms with Crippen LogP contribution in [-0.2, 0) is 0 Å². The quantitative estimate of drug-likeness (QED) is 0.206. The number of hydrogen-bond donors (Lipinski definition) is 0. The highest BCUT2D eigenvalue weighted by atomic mass is 15.1. The van der Waals surface area contributed by atoms with E-state index in [1.807, 2.05) is 60.7 Å². The van der Waals surface area contributed by atoms with Crippen molar-refractivity contribution in [2.45, 2.75) is 0 Å². The number of imidazole rings is 1. The van der Waals surface area contributed by atoms with Gasteiger partial charge in [0.1, 0.15) is 0 Å². The van der Waals surface area contributed by atoms with Crippen LogP contribution in [0, 0.1) is 0 Å². The second-order valence-electron chi connectivity index (χ2n) is 11.5. The Morgan fingerprint density at radius 2 is 0.804 bits per heavy atom. The highest BCUT2D eigenvalue weighted by Crippen LogP contribution is 2.38. The first kappa shape index (κ1) is 25.0. The molecule has 6 heteroatoms. The van der Waals surface area contributed by atoms with Gasteiger partial charge >= 0.3 is 0 Å². The van der Waals surface area contributed by atoms with Crippen LogP contribution in [0.5, 0.6) is 0 Å². The Hall–Kier alpha value is -6.40. The molecular weight excluding hydrogens is 564 g/mol. The van der Waals surface area contributed by atoms with E-state index in [4.69, 9.17) is 19.9 Å². The number of para-hydroxylation sites is 4. The maximum Gasteiger partial charge on any atom is 0.200 e. The van der Waals surface area contributed by atoms with Gasteiger partial charge in [0.2, 0.25) is 0 Å². The Morgan fingerprint density at radius 3 is 1.43 bits per heavy atom. The summed E-state index contributed by atoms with van der Waals surface area (Å²) in [5.41, 5.74) is 8.19. The summed E-state index contributed by atoms with van der Waals surface area (Å²) in [4.78, 5) is 20.5. The number of rotatable bonds is 3. The molecule has 10 rings (SSSR count). The minimum absolute atomic E-state index is 0.517. The summed E-state index contributed by atoms with van der Waals surface area (Å²) in [7, 11) is 0. The van der Waals surface area contributed by atoms with Crippen LogP contribution in [0.4, 0.5) is 0 Å². The predicted octanol–water partition coefficient (Wildman–Crippen LogP) is 9.39. The maximum atomic E-state index is 5.30. The van der Waals surface area contributed by atoms with Crippen molar-refractivity contribution in [1.29, 1.82) is 0 Å². The summed E-state index contributed by atoms with van der Waals surface area (Å²) < 4.78 is 4.66. The lowest BCUT2D eigenvalue weighted by Crippen LogP contribution is -2.03. The fourth-order valence-corrected chi connectivity index (χ4v) is 6.96. The van der Waals surface area contributed by atoms with E-state index in [0.717, 1.165) is 55.0 Å². The lowest BCUT2D eigenvalue weighted by Gasteiger charge is -2.11. The molecule has 0 aliphatic rings. The Bertz CT molecular complexity index is 2740. The topological polar surface area (TPSA) is 60.4 Å². The minimum atomic E-state index is 0.517. The number of fused-ring (bicyclic) bond motifs is 7. The Morgan fingerprint density at radius 1 is 0.326 bits per heavy atom. The molecule has 6 nitrogen and oxygen atoms in total. The molecule has 0 unspecified atom stereocenters. The molecule has 10 aromatic rings. The first-order valence-corrected chi connectivity index (χ1v) is 15.3. The molecular formula is C40H24N6. The fourth-order valence-electron chi connectivity index (χ4n) is 6.96. The highest BCUT2D eigenvalue weighted by Gasteiger charge is 2.22. The van der Waals surface area contributed by atoms with Gasteiger partial charge < -0.3 is 4.40 Å². The summed E-state index contributed by atoms with van der Waals surface area (Å²) in [6.45, 7) is 0. The van der Waals surface area contributed by atoms with Gasteiger partial charge in [-0.25, -0.2) is 19.9 Å². The molecule has 46 heavy (non-hydrogen) atoms. The standard InChI is InChI=1S/C40H24N6/c1-3-13-25(14-4-1)37-42-38(26-15-5-2-6-16-26)44-39(43-37)40-41-31-21-11-19-29-27-17-7-9-22-32(27)45-33-23-10-8-18-28(33)30-20-12-24-34(36(30)45)46(40)35(29)31/h1-24H. The van der Waals surface area contributed by atoms with Crippen LogP contribution in [0.3, 0.4) is 0 Å². The average molecular weight is 589 g/mol. The molecule has 0 aliphatic heterocycles. The monoisotopic (exact) mass is 588 g/mol. The summed E-state index contributed by atoms with van der Waals surface area (Å²) in [6, 6.07) is 50.3. The van der Waals surface area contributed by atoms with Crippen LogP contribution in [0.15, 0.2) is 146 Å². The molecule has 4 heterocycles. The van der Waals surface area contributed by atoms with Gasteiger partial charge in [-0.2, -0.15) is 0 Å². The van der Waals surface area contributed by atoms with Crippen LogP contribution in [-0.4, -0.2) is 28.7 Å². The van der Waals surface area contributed by atoms with E-state index in [1.54, 1.807) is 0 Å². The summed E-state index contributed by atoms with van der Waals surface area (Å²) >= 11 is 0. The first-order valence-electron chi connectivity index (χ1n) is 15.3. The zero-order chi connectivity index (χ0) is 30.2. The lowest BCUT2D eigenvalue weighted by atomic mass is 10.1. The fraction of sp³-hybridized carbons (Fsp3) is 0. The van der Waals surface area contributed by atoms with E-state index in [9.17, 15) is 0 Å². The van der Waals surface area contributed by atoms with Crippen molar-refractivity contribution in [2.75, 3.05) is 0 Å². The number of benzene rings is 6. The summed E-state index contributed by atoms with van der Waals surface area (Å²) in [5.74, 6) is 2.40. The maximum absolute atomic E-state index is 5.30. The second-order valence-corrected chi connectivity index (χ2v) is 11.5. The average Bonchev–Trinajstić information content (AvgIpc) is 3.68. The molecule has 0 spiro atoms. The zero-order valence-electron chi connectivity index (χ0n) is 24.5. The van der Waals surface area contributed by atoms with Gasteiger partial charge in [-0.3, -0.25) is 4.40 Å². The van der Waals surface area contributed by atoms with E-state index in [1.165, 1.54) is 10.8 Å². The number of nitrogens with zero attached hydrogens (tertiary/aromatic N) is 6. The lowest BCUT2D eigenvalue weighted by molar-refractivity contribution is 1.04. The van der Waals surface area contributed by atoms with Crippen LogP contribution in [0.1, 0.15) is 0 Å². The molecule has 6 aromatic carbocycles. The van der Waals surface area contributed by atoms with Crippen molar-refractivity contribution < 1.29 is 0 Å². The zero-order valence-corrected chi connectivity index (χ0v) is 24.5. The Labute approximate surface area is 262 Å². The Kier molecular flexibility index (Phi) is 5.19. The van der Waals surface area contributed by atoms with Crippen LogP contribution in [0.25, 0.3) is 89.1 Å². The molecule has 0 fully saturated rings. The van der Waals surface area contributed by atoms with E-state index in [-0.39, 0.29) is 0 Å². The molecule has 214 valence electrons. The number of aromatic nitrogens is 6. The van der Waals surface area contributed by atoms with Gasteiger partial charge in [0.05, 0.1) is 33.1 Å². The van der Waals surface area contributed by atoms with Crippen LogP contribution < -0.4 is 0 Å². The SMILES string of the molecule is c1ccc(-c2nc(-c3ccccc3)nc(-c3nc4cccc5c6ccccc6n6c7ccccc7c7cccc(c76)n3c45)n2)cc1. The second kappa shape index (κ2) is 9.55. The molecule has 0 aliphatic carbocycles. The van der Waals surface area contributed by atoms with Gasteiger partial charge in [-0.1, -0.05) is 121 Å². The van der Waals surface area contributed by atoms with Gasteiger partial charge in [0.15, 0.2) is 23.3 Å². The molecule has 0 saturated heterocycles. The Balaban J connectivity index is 1.44. The van der Waals surface area contributed by atoms with Crippen molar-refractivity contribution in [3.63, 3.8) is 0 Å². The molecule has 0 amide bonds. The third-order valence-electron chi connectivity index (χ3n) is 8.93. The predicted molar refractivity (Wildman–Crippen MR) is 186 cm³/mol. The van der Waals surface area contributed by atoms with E-state index < -0.39 is 0 Å². The van der Waals surface area contributed by atoms with Crippen molar-refractivity contribution in [1.82, 2.24) is 28.7 Å². The molecule has 0 radical (unpaired) electrons. The summed E-state index contributed by atoms with van der Waals surface area (Å²) in [5, 5.41) is 4.63. The third-order valence-corrected chi connectivity index (χ3v) is 8.93. The third kappa shape index (κ3) is 3.52. The van der Waals surface area contributed by atoms with Crippen molar-refractivity contribution in [3.8, 4) is 34.4 Å². The van der Waals surface area contributed by atoms with E-state index in [0.29, 0.717) is 23.3 Å². The smallest absolute Gasteiger partial charge is 0.200 e. The number of hydrogen-bond acceptors (Lipinski definition) is 4. The molecule has 0 bridgehead atoms. The van der Waals surface area contributed by atoms with Crippen LogP contribution >= 0.6 is 0 Å². The largest absolute Gasteiger partial charge is 0.307 e. The van der Waals surface area contributed by atoms with Gasteiger partial charge in [-0.15, -0.1) is 0 Å². The summed E-state index contributed by atoms with van der Waals surface area (Å²) in [6.07, 6.45) is 0. The van der Waals surface area contributed by atoms with Crippen molar-refractivity contribution in [2.24, 2.45) is 0 Å². The minimum Gasteiger partial charge on any atom is -0.307 e. The molecule has 4 aromatic heterocycles. The van der Waals surface area contributed by atoms with E-state index >= 15 is 0 Å². The highest BCUT2D eigenvalue weighted by molar-refractivity contribution is 6.18. The van der Waals surface area contributed by atoms with Crippen molar-refractivity contribution in [3.05, 3.63) is 146 Å².